The smallest absolute Gasteiger partial charge is 0.264 e. The topological polar surface area (TPSA) is 111 Å². The lowest BCUT2D eigenvalue weighted by atomic mass is 9.85. The van der Waals surface area contributed by atoms with Crippen molar-refractivity contribution in [1.82, 2.24) is 14.9 Å². The van der Waals surface area contributed by atoms with Crippen molar-refractivity contribution in [3.8, 4) is 17.1 Å². The van der Waals surface area contributed by atoms with E-state index in [1.54, 1.807) is 18.2 Å². The summed E-state index contributed by atoms with van der Waals surface area (Å²) < 4.78 is 41.9. The van der Waals surface area contributed by atoms with Crippen LogP contribution in [-0.2, 0) is 14.8 Å². The normalized spacial score (nSPS) is 22.0. The maximum Gasteiger partial charge on any atom is 0.264 e. The van der Waals surface area contributed by atoms with E-state index in [4.69, 9.17) is 9.47 Å². The third-order valence-electron chi connectivity index (χ3n) is 7.78. The van der Waals surface area contributed by atoms with E-state index in [1.807, 2.05) is 50.8 Å². The van der Waals surface area contributed by atoms with Crippen molar-refractivity contribution < 1.29 is 22.7 Å². The van der Waals surface area contributed by atoms with Gasteiger partial charge in [-0.15, -0.1) is 0 Å². The van der Waals surface area contributed by atoms with E-state index >= 15 is 0 Å². The highest BCUT2D eigenvalue weighted by molar-refractivity contribution is 7.92. The minimum absolute atomic E-state index is 0.0360. The van der Waals surface area contributed by atoms with Crippen LogP contribution >= 0.6 is 0 Å². The number of anilines is 1. The highest BCUT2D eigenvalue weighted by Gasteiger charge is 2.41. The van der Waals surface area contributed by atoms with Crippen LogP contribution in [-0.4, -0.2) is 60.1 Å². The molecule has 5 rings (SSSR count). The number of amides is 1. The number of ether oxygens (including phenoxy) is 2. The summed E-state index contributed by atoms with van der Waals surface area (Å²) in [6.07, 6.45) is 2.31. The molecule has 9 nitrogen and oxygen atoms in total. The molecule has 0 spiro atoms. The number of aromatic nitrogens is 2. The van der Waals surface area contributed by atoms with Gasteiger partial charge in [0.15, 0.2) is 0 Å². The summed E-state index contributed by atoms with van der Waals surface area (Å²) in [5.41, 5.74) is 3.74. The number of sulfonamides is 1. The molecule has 1 atom stereocenters. The van der Waals surface area contributed by atoms with E-state index in [0.717, 1.165) is 16.7 Å². The average Bonchev–Trinajstić information content (AvgIpc) is 2.89. The minimum atomic E-state index is -4.11. The van der Waals surface area contributed by atoms with Crippen LogP contribution in [0.1, 0.15) is 68.4 Å². The number of hydrogen-bond acceptors (Lipinski definition) is 7. The molecule has 1 fully saturated rings. The highest BCUT2D eigenvalue weighted by Crippen LogP contribution is 2.35. The Labute approximate surface area is 248 Å². The number of hydrogen-bond donors (Lipinski definition) is 1. The third kappa shape index (κ3) is 6.44. The van der Waals surface area contributed by atoms with Gasteiger partial charge in [0, 0.05) is 23.2 Å². The van der Waals surface area contributed by atoms with Crippen molar-refractivity contribution in [2.75, 3.05) is 11.3 Å². The van der Waals surface area contributed by atoms with Gasteiger partial charge >= 0.3 is 0 Å². The van der Waals surface area contributed by atoms with E-state index in [2.05, 4.69) is 28.5 Å². The molecule has 10 heteroatoms. The van der Waals surface area contributed by atoms with Crippen LogP contribution in [0.5, 0.6) is 5.88 Å². The largest absolute Gasteiger partial charge is 0.475 e. The van der Waals surface area contributed by atoms with Crippen LogP contribution in [0.25, 0.3) is 11.3 Å². The third-order valence-corrected chi connectivity index (χ3v) is 9.11. The molecule has 0 unspecified atom stereocenters. The van der Waals surface area contributed by atoms with E-state index < -0.39 is 10.0 Å². The van der Waals surface area contributed by atoms with Gasteiger partial charge in [0.2, 0.25) is 11.8 Å². The van der Waals surface area contributed by atoms with Crippen molar-refractivity contribution in [3.05, 3.63) is 65.2 Å². The zero-order valence-corrected chi connectivity index (χ0v) is 25.9. The lowest BCUT2D eigenvalue weighted by Gasteiger charge is -2.47. The molecule has 1 aliphatic carbocycles. The Morgan fingerprint density at radius 2 is 1.71 bits per heavy atom. The number of nitrogens with zero attached hydrogens (tertiary/aromatic N) is 3. The number of nitrogens with one attached hydrogen (secondary N) is 1. The molecule has 1 amide bonds. The van der Waals surface area contributed by atoms with Crippen molar-refractivity contribution >= 4 is 21.9 Å². The van der Waals surface area contributed by atoms with Crippen LogP contribution in [0, 0.1) is 19.8 Å². The molecule has 2 aromatic carbocycles. The van der Waals surface area contributed by atoms with E-state index in [0.29, 0.717) is 30.5 Å². The Morgan fingerprint density at radius 3 is 2.38 bits per heavy atom. The van der Waals surface area contributed by atoms with Gasteiger partial charge in [0.05, 0.1) is 28.8 Å². The average molecular weight is 593 g/mol. The van der Waals surface area contributed by atoms with Crippen molar-refractivity contribution in [2.24, 2.45) is 5.92 Å². The molecular weight excluding hydrogens is 552 g/mol. The predicted molar refractivity (Wildman–Crippen MR) is 162 cm³/mol. The van der Waals surface area contributed by atoms with Gasteiger partial charge in [-0.3, -0.25) is 4.79 Å². The number of fused-ring (bicyclic) bond motifs is 4. The summed E-state index contributed by atoms with van der Waals surface area (Å²) in [5.74, 6) is 0.211. The number of carbonyl (C=O) groups is 1. The Hall–Kier alpha value is -3.50. The van der Waals surface area contributed by atoms with Gasteiger partial charge in [0.25, 0.3) is 15.9 Å². The molecule has 2 heterocycles. The van der Waals surface area contributed by atoms with Crippen LogP contribution in [0.15, 0.2) is 53.4 Å². The second kappa shape index (κ2) is 12.0. The van der Waals surface area contributed by atoms with Crippen LogP contribution in [0.4, 0.5) is 5.95 Å². The fourth-order valence-corrected chi connectivity index (χ4v) is 6.88. The standard InChI is InChI=1S/C32H40N4O5S/c1-19(2)13-25-18-40-29-17-28(30-21(5)9-7-10-22(30)6)33-32(34-29)35-42(38,39)27-12-8-11-23(14-27)31(37)36(25)24-15-26(16-24)41-20(3)4/h7-12,14,17,19-20,24-26H,13,15-16,18H2,1-6H3,(H,33,34,35)/t24?,25-,26?/m1/s1. The molecule has 1 aliphatic heterocycles. The number of aryl methyl sites for hydroxylation is 2. The van der Waals surface area contributed by atoms with Crippen LogP contribution < -0.4 is 9.46 Å². The molecule has 3 aromatic rings. The Kier molecular flexibility index (Phi) is 8.57. The summed E-state index contributed by atoms with van der Waals surface area (Å²) in [6.45, 7) is 12.4. The summed E-state index contributed by atoms with van der Waals surface area (Å²) in [4.78, 5) is 25.1. The van der Waals surface area contributed by atoms with Crippen LogP contribution in [0.3, 0.4) is 0 Å². The van der Waals surface area contributed by atoms with E-state index in [9.17, 15) is 13.2 Å². The maximum absolute atomic E-state index is 14.2. The van der Waals surface area contributed by atoms with E-state index in [-0.39, 0.29) is 59.4 Å². The Balaban J connectivity index is 1.62. The minimum Gasteiger partial charge on any atom is -0.475 e. The molecule has 4 bridgehead atoms. The molecule has 1 N–H and O–H groups in total. The van der Waals surface area contributed by atoms with Crippen molar-refractivity contribution in [1.29, 1.82) is 0 Å². The lowest BCUT2D eigenvalue weighted by Crippen LogP contribution is -2.56. The highest BCUT2D eigenvalue weighted by atomic mass is 32.2. The SMILES string of the molecule is Cc1cccc(C)c1-c1cc2nc(n1)NS(=O)(=O)c1cccc(c1)C(=O)N(C1CC(OC(C)C)C1)[C@H](CC(C)C)CO2. The van der Waals surface area contributed by atoms with Gasteiger partial charge in [-0.2, -0.15) is 4.98 Å². The molecule has 1 aromatic heterocycles. The van der Waals surface area contributed by atoms with Gasteiger partial charge in [-0.05, 0) is 82.2 Å². The molecule has 0 saturated heterocycles. The fourth-order valence-electron chi connectivity index (χ4n) is 5.89. The van der Waals surface area contributed by atoms with Crippen LogP contribution in [0.2, 0.25) is 0 Å². The summed E-state index contributed by atoms with van der Waals surface area (Å²) in [6, 6.07) is 13.5. The zero-order valence-electron chi connectivity index (χ0n) is 25.1. The van der Waals surface area contributed by atoms with Gasteiger partial charge in [0.1, 0.15) is 6.61 Å². The number of benzene rings is 2. The molecule has 42 heavy (non-hydrogen) atoms. The lowest BCUT2D eigenvalue weighted by molar-refractivity contribution is -0.0800. The zero-order chi connectivity index (χ0) is 30.2. The Morgan fingerprint density at radius 1 is 1.02 bits per heavy atom. The number of carbonyl (C=O) groups excluding carboxylic acids is 1. The number of rotatable bonds is 6. The monoisotopic (exact) mass is 592 g/mol. The second-order valence-corrected chi connectivity index (χ2v) is 13.7. The quantitative estimate of drug-likeness (QED) is 0.387. The summed E-state index contributed by atoms with van der Waals surface area (Å²) in [7, 11) is -4.11. The first kappa shape index (κ1) is 30.0. The first-order valence-corrected chi connectivity index (χ1v) is 16.1. The van der Waals surface area contributed by atoms with Gasteiger partial charge < -0.3 is 14.4 Å². The fraction of sp³-hybridized carbons (Fsp3) is 0.469. The molecule has 0 radical (unpaired) electrons. The van der Waals surface area contributed by atoms with Crippen molar-refractivity contribution in [2.45, 2.75) is 90.0 Å². The van der Waals surface area contributed by atoms with E-state index in [1.165, 1.54) is 12.1 Å². The summed E-state index contributed by atoms with van der Waals surface area (Å²) in [5, 5.41) is 0. The maximum atomic E-state index is 14.2. The first-order valence-electron chi connectivity index (χ1n) is 14.6. The molecule has 1 saturated carbocycles. The Bertz CT molecular complexity index is 1550. The summed E-state index contributed by atoms with van der Waals surface area (Å²) >= 11 is 0. The van der Waals surface area contributed by atoms with Gasteiger partial charge in [-0.1, -0.05) is 38.1 Å². The molecule has 224 valence electrons. The second-order valence-electron chi connectivity index (χ2n) is 12.1. The molecular formula is C32H40N4O5S. The molecule has 2 aliphatic rings. The van der Waals surface area contributed by atoms with Gasteiger partial charge in [-0.25, -0.2) is 18.1 Å². The predicted octanol–water partition coefficient (Wildman–Crippen LogP) is 5.77. The van der Waals surface area contributed by atoms with Crippen molar-refractivity contribution in [3.63, 3.8) is 0 Å². The first-order chi connectivity index (χ1) is 19.9.